The Kier molecular flexibility index (Phi) is 3.04. The molecule has 2 aliphatic rings. The molecule has 0 bridgehead atoms. The number of carbonyl (C=O) groups excluding carboxylic acids is 2. The second-order valence-electron chi connectivity index (χ2n) is 5.61. The van der Waals surface area contributed by atoms with Gasteiger partial charge in [0, 0.05) is 12.3 Å². The molecule has 1 heterocycles. The van der Waals surface area contributed by atoms with Crippen molar-refractivity contribution >= 4 is 11.8 Å². The Balaban J connectivity index is 2.26. The van der Waals surface area contributed by atoms with E-state index in [4.69, 9.17) is 0 Å². The average Bonchev–Trinajstić information content (AvgIpc) is 2.16. The Labute approximate surface area is 97.0 Å². The van der Waals surface area contributed by atoms with Crippen LogP contribution in [0.25, 0.3) is 0 Å². The second-order valence-corrected chi connectivity index (χ2v) is 5.61. The monoisotopic (exact) mass is 223 g/mol. The Morgan fingerprint density at radius 1 is 1.44 bits per heavy atom. The van der Waals surface area contributed by atoms with Gasteiger partial charge in [0.1, 0.15) is 0 Å². The third kappa shape index (κ3) is 1.87. The van der Waals surface area contributed by atoms with Gasteiger partial charge in [0.2, 0.25) is 11.8 Å². The maximum absolute atomic E-state index is 11.9. The molecule has 1 spiro atoms. The highest BCUT2D eigenvalue weighted by Gasteiger charge is 2.48. The van der Waals surface area contributed by atoms with Gasteiger partial charge in [-0.2, -0.15) is 0 Å². The molecule has 3 heteroatoms. The van der Waals surface area contributed by atoms with E-state index >= 15 is 0 Å². The highest BCUT2D eigenvalue weighted by molar-refractivity contribution is 5.99. The third-order valence-electron chi connectivity index (χ3n) is 4.37. The zero-order chi connectivity index (χ0) is 11.8. The number of amides is 2. The molecular formula is C13H21NO2. The van der Waals surface area contributed by atoms with E-state index in [1.807, 2.05) is 0 Å². The van der Waals surface area contributed by atoms with Crippen LogP contribution in [0.15, 0.2) is 0 Å². The van der Waals surface area contributed by atoms with Crippen molar-refractivity contribution in [1.82, 2.24) is 5.32 Å². The third-order valence-corrected chi connectivity index (χ3v) is 4.37. The molecule has 90 valence electrons. The zero-order valence-electron chi connectivity index (χ0n) is 10.2. The maximum Gasteiger partial charge on any atom is 0.230 e. The first-order chi connectivity index (χ1) is 7.57. The molecule has 16 heavy (non-hydrogen) atoms. The molecule has 3 unspecified atom stereocenters. The molecule has 1 saturated carbocycles. The van der Waals surface area contributed by atoms with E-state index in [2.05, 4.69) is 19.2 Å². The van der Waals surface area contributed by atoms with Gasteiger partial charge in [0.15, 0.2) is 0 Å². The molecule has 2 amide bonds. The van der Waals surface area contributed by atoms with Gasteiger partial charge in [-0.15, -0.1) is 0 Å². The van der Waals surface area contributed by atoms with E-state index in [0.29, 0.717) is 12.3 Å². The van der Waals surface area contributed by atoms with Crippen LogP contribution in [0.5, 0.6) is 0 Å². The zero-order valence-corrected chi connectivity index (χ0v) is 10.2. The van der Waals surface area contributed by atoms with Gasteiger partial charge in [0.05, 0.1) is 0 Å². The van der Waals surface area contributed by atoms with Gasteiger partial charge in [-0.25, -0.2) is 0 Å². The molecule has 0 aromatic heterocycles. The SMILES string of the molecule is CCC1C(=O)NC(=O)CC12CCCC(C)C2. The van der Waals surface area contributed by atoms with Crippen LogP contribution < -0.4 is 5.32 Å². The summed E-state index contributed by atoms with van der Waals surface area (Å²) in [6.45, 7) is 4.30. The lowest BCUT2D eigenvalue weighted by atomic mass is 9.59. The van der Waals surface area contributed by atoms with Crippen molar-refractivity contribution in [2.24, 2.45) is 17.3 Å². The lowest BCUT2D eigenvalue weighted by molar-refractivity contribution is -0.146. The van der Waals surface area contributed by atoms with E-state index < -0.39 is 0 Å². The van der Waals surface area contributed by atoms with E-state index in [1.54, 1.807) is 0 Å². The first-order valence-electron chi connectivity index (χ1n) is 6.41. The molecular weight excluding hydrogens is 202 g/mol. The molecule has 0 aromatic carbocycles. The summed E-state index contributed by atoms with van der Waals surface area (Å²) in [5.41, 5.74) is -0.0220. The van der Waals surface area contributed by atoms with Crippen LogP contribution in [0.4, 0.5) is 0 Å². The first kappa shape index (κ1) is 11.6. The predicted octanol–water partition coefficient (Wildman–Crippen LogP) is 2.26. The van der Waals surface area contributed by atoms with Crippen molar-refractivity contribution in [3.63, 3.8) is 0 Å². The van der Waals surface area contributed by atoms with Crippen LogP contribution in [-0.4, -0.2) is 11.8 Å². The maximum atomic E-state index is 11.9. The highest BCUT2D eigenvalue weighted by Crippen LogP contribution is 2.50. The summed E-state index contributed by atoms with van der Waals surface area (Å²) < 4.78 is 0. The van der Waals surface area contributed by atoms with Crippen LogP contribution >= 0.6 is 0 Å². The topological polar surface area (TPSA) is 46.2 Å². The fourth-order valence-corrected chi connectivity index (χ4v) is 3.79. The number of nitrogens with one attached hydrogen (secondary N) is 1. The smallest absolute Gasteiger partial charge is 0.230 e. The van der Waals surface area contributed by atoms with Gasteiger partial charge < -0.3 is 0 Å². The summed E-state index contributed by atoms with van der Waals surface area (Å²) >= 11 is 0. The number of hydrogen-bond acceptors (Lipinski definition) is 2. The first-order valence-corrected chi connectivity index (χ1v) is 6.41. The summed E-state index contributed by atoms with van der Waals surface area (Å²) in [5.74, 6) is 0.603. The summed E-state index contributed by atoms with van der Waals surface area (Å²) in [4.78, 5) is 23.5. The van der Waals surface area contributed by atoms with Crippen LogP contribution in [0, 0.1) is 17.3 Å². The minimum absolute atomic E-state index is 0.0220. The molecule has 2 rings (SSSR count). The summed E-state index contributed by atoms with van der Waals surface area (Å²) in [5, 5.41) is 2.49. The van der Waals surface area contributed by atoms with Crippen LogP contribution in [0.2, 0.25) is 0 Å². The van der Waals surface area contributed by atoms with Gasteiger partial charge >= 0.3 is 0 Å². The van der Waals surface area contributed by atoms with E-state index in [1.165, 1.54) is 6.42 Å². The minimum atomic E-state index is -0.0659. The fraction of sp³-hybridized carbons (Fsp3) is 0.846. The van der Waals surface area contributed by atoms with Crippen molar-refractivity contribution < 1.29 is 9.59 Å². The predicted molar refractivity (Wildman–Crippen MR) is 61.6 cm³/mol. The minimum Gasteiger partial charge on any atom is -0.296 e. The number of carbonyl (C=O) groups is 2. The largest absolute Gasteiger partial charge is 0.296 e. The number of hydrogen-bond donors (Lipinski definition) is 1. The molecule has 2 fully saturated rings. The quantitative estimate of drug-likeness (QED) is 0.693. The normalized spacial score (nSPS) is 39.9. The Morgan fingerprint density at radius 2 is 2.19 bits per heavy atom. The lowest BCUT2D eigenvalue weighted by Gasteiger charge is -2.46. The van der Waals surface area contributed by atoms with Crippen molar-refractivity contribution in [3.8, 4) is 0 Å². The van der Waals surface area contributed by atoms with Gasteiger partial charge in [-0.05, 0) is 30.6 Å². The van der Waals surface area contributed by atoms with Gasteiger partial charge in [-0.3, -0.25) is 14.9 Å². The molecule has 3 nitrogen and oxygen atoms in total. The lowest BCUT2D eigenvalue weighted by Crippen LogP contribution is -2.53. The van der Waals surface area contributed by atoms with E-state index in [9.17, 15) is 9.59 Å². The van der Waals surface area contributed by atoms with E-state index in [-0.39, 0.29) is 23.1 Å². The Morgan fingerprint density at radius 3 is 2.81 bits per heavy atom. The molecule has 1 N–H and O–H groups in total. The second kappa shape index (κ2) is 4.19. The molecule has 0 radical (unpaired) electrons. The summed E-state index contributed by atoms with van der Waals surface area (Å²) in [6, 6.07) is 0. The van der Waals surface area contributed by atoms with Crippen molar-refractivity contribution in [1.29, 1.82) is 0 Å². The van der Waals surface area contributed by atoms with Crippen LogP contribution in [-0.2, 0) is 9.59 Å². The standard InChI is InChI=1S/C13H21NO2/c1-3-10-12(16)14-11(15)8-13(10)6-4-5-9(2)7-13/h9-10H,3-8H2,1-2H3,(H,14,15,16). The van der Waals surface area contributed by atoms with Gasteiger partial charge in [0.25, 0.3) is 0 Å². The molecule has 1 aliphatic heterocycles. The van der Waals surface area contributed by atoms with E-state index in [0.717, 1.165) is 25.7 Å². The van der Waals surface area contributed by atoms with Gasteiger partial charge in [-0.1, -0.05) is 26.7 Å². The Bertz CT molecular complexity index is 313. The van der Waals surface area contributed by atoms with Crippen molar-refractivity contribution in [2.75, 3.05) is 0 Å². The van der Waals surface area contributed by atoms with Crippen molar-refractivity contribution in [2.45, 2.75) is 52.4 Å². The van der Waals surface area contributed by atoms with Crippen LogP contribution in [0.3, 0.4) is 0 Å². The fourth-order valence-electron chi connectivity index (χ4n) is 3.79. The molecule has 1 aliphatic carbocycles. The average molecular weight is 223 g/mol. The molecule has 0 aromatic rings. The molecule has 3 atom stereocenters. The highest BCUT2D eigenvalue weighted by atomic mass is 16.2. The van der Waals surface area contributed by atoms with Crippen LogP contribution in [0.1, 0.15) is 52.4 Å². The Hall–Kier alpha value is -0.860. The van der Waals surface area contributed by atoms with Crippen molar-refractivity contribution in [3.05, 3.63) is 0 Å². The summed E-state index contributed by atoms with van der Waals surface area (Å²) in [7, 11) is 0. The number of imide groups is 1. The number of rotatable bonds is 1. The summed E-state index contributed by atoms with van der Waals surface area (Å²) in [6.07, 6.45) is 5.92. The molecule has 1 saturated heterocycles. The number of piperidine rings is 1.